The van der Waals surface area contributed by atoms with E-state index in [9.17, 15) is 0 Å². The van der Waals surface area contributed by atoms with E-state index in [1.54, 1.807) is 0 Å². The van der Waals surface area contributed by atoms with Crippen molar-refractivity contribution in [1.29, 1.82) is 0 Å². The first-order chi connectivity index (χ1) is 28.3. The quantitative estimate of drug-likeness (QED) is 0.167. The summed E-state index contributed by atoms with van der Waals surface area (Å²) in [5, 5.41) is 5.01. The first-order valence-corrected chi connectivity index (χ1v) is 19.8. The van der Waals surface area contributed by atoms with Gasteiger partial charge in [-0.1, -0.05) is 176 Å². The van der Waals surface area contributed by atoms with Crippen LogP contribution in [-0.2, 0) is 5.41 Å². The van der Waals surface area contributed by atoms with Crippen molar-refractivity contribution in [3.63, 3.8) is 0 Å². The Morgan fingerprint density at radius 3 is 1.58 bits per heavy atom. The lowest BCUT2D eigenvalue weighted by molar-refractivity contribution is 0.768. The average Bonchev–Trinajstić information content (AvgIpc) is 3.91. The molecule has 0 saturated carbocycles. The fraction of sp³-hybridized carbons (Fsp3) is 0.0182. The summed E-state index contributed by atoms with van der Waals surface area (Å²) in [6, 6.07) is 80.4. The van der Waals surface area contributed by atoms with Gasteiger partial charge in [0.25, 0.3) is 0 Å². The molecule has 0 saturated heterocycles. The number of fused-ring (bicyclic) bond motifs is 10. The van der Waals surface area contributed by atoms with Crippen LogP contribution in [0.15, 0.2) is 218 Å². The minimum Gasteiger partial charge on any atom is -0.309 e. The molecule has 57 heavy (non-hydrogen) atoms. The summed E-state index contributed by atoms with van der Waals surface area (Å²) in [7, 11) is 0. The largest absolute Gasteiger partial charge is 0.309 e. The molecule has 0 N–H and O–H groups in total. The molecule has 2 nitrogen and oxygen atoms in total. The van der Waals surface area contributed by atoms with Crippen LogP contribution in [0.1, 0.15) is 22.3 Å². The highest BCUT2D eigenvalue weighted by molar-refractivity contribution is 6.26. The number of nitrogens with zero attached hydrogens (tertiary/aromatic N) is 2. The molecule has 12 rings (SSSR count). The maximum Gasteiger partial charge on any atom is 0.0713 e. The molecule has 0 unspecified atom stereocenters. The van der Waals surface area contributed by atoms with Crippen LogP contribution in [0.25, 0.3) is 77.2 Å². The highest BCUT2D eigenvalue weighted by atomic mass is 15.0. The van der Waals surface area contributed by atoms with Crippen LogP contribution in [0.4, 0.5) is 0 Å². The summed E-state index contributed by atoms with van der Waals surface area (Å²) in [6.45, 7) is 0. The Morgan fingerprint density at radius 2 is 0.860 bits per heavy atom. The first-order valence-electron chi connectivity index (χ1n) is 19.8. The Bertz CT molecular complexity index is 3280. The third kappa shape index (κ3) is 4.47. The average molecular weight is 725 g/mol. The van der Waals surface area contributed by atoms with E-state index in [0.29, 0.717) is 0 Å². The van der Waals surface area contributed by atoms with Crippen LogP contribution >= 0.6 is 0 Å². The Kier molecular flexibility index (Phi) is 6.88. The predicted molar refractivity (Wildman–Crippen MR) is 238 cm³/mol. The normalized spacial score (nSPS) is 13.1. The molecule has 2 heterocycles. The van der Waals surface area contributed by atoms with Crippen molar-refractivity contribution in [3.05, 3.63) is 241 Å². The van der Waals surface area contributed by atoms with E-state index in [1.165, 1.54) is 88.1 Å². The van der Waals surface area contributed by atoms with E-state index in [0.717, 1.165) is 11.4 Å². The van der Waals surface area contributed by atoms with Crippen molar-refractivity contribution in [3.8, 4) is 33.6 Å². The summed E-state index contributed by atoms with van der Waals surface area (Å²) in [5.74, 6) is 0. The van der Waals surface area contributed by atoms with Gasteiger partial charge in [0.05, 0.1) is 27.5 Å². The molecule has 0 fully saturated rings. The molecule has 266 valence electrons. The van der Waals surface area contributed by atoms with E-state index in [-0.39, 0.29) is 0 Å². The Labute approximate surface area is 331 Å². The van der Waals surface area contributed by atoms with Crippen molar-refractivity contribution >= 4 is 43.6 Å². The van der Waals surface area contributed by atoms with Crippen LogP contribution in [0, 0.1) is 0 Å². The molecule has 0 radical (unpaired) electrons. The van der Waals surface area contributed by atoms with Gasteiger partial charge in [-0.2, -0.15) is 0 Å². The lowest BCUT2D eigenvalue weighted by atomic mass is 9.68. The van der Waals surface area contributed by atoms with Crippen LogP contribution in [0.3, 0.4) is 0 Å². The highest BCUT2D eigenvalue weighted by Crippen LogP contribution is 2.56. The number of rotatable bonds is 5. The standard InChI is InChI=1S/C55H36N2/c1-4-16-37(17-5-1)38-28-30-41(31-29-38)57-50-26-14-11-23-44(50)45-33-35-52-53(54(45)57)46-24-12-15-27-51(46)56(52)42-32-34-49-47(36-42)43-22-10-13-25-48(43)55(49,39-18-6-2-7-19-39)40-20-8-3-9-21-40/h1-36H. The van der Waals surface area contributed by atoms with Crippen molar-refractivity contribution < 1.29 is 0 Å². The molecule has 0 atom stereocenters. The Morgan fingerprint density at radius 1 is 0.316 bits per heavy atom. The van der Waals surface area contributed by atoms with E-state index in [2.05, 4.69) is 228 Å². The third-order valence-electron chi connectivity index (χ3n) is 12.4. The van der Waals surface area contributed by atoms with E-state index in [4.69, 9.17) is 0 Å². The SMILES string of the molecule is c1ccc(-c2ccc(-n3c4ccccc4c4ccc5c(c6ccccc6n5-c5ccc6c(c5)-c5ccccc5C6(c5ccccc5)c5ccccc5)c43)cc2)cc1. The number of para-hydroxylation sites is 2. The second-order valence-electron chi connectivity index (χ2n) is 15.2. The number of hydrogen-bond acceptors (Lipinski definition) is 0. The fourth-order valence-corrected chi connectivity index (χ4v) is 10.1. The van der Waals surface area contributed by atoms with Gasteiger partial charge in [0, 0.05) is 32.9 Å². The zero-order valence-electron chi connectivity index (χ0n) is 31.2. The molecule has 1 aliphatic carbocycles. The number of benzene rings is 9. The molecule has 2 heteroatoms. The van der Waals surface area contributed by atoms with Gasteiger partial charge in [0.1, 0.15) is 0 Å². The van der Waals surface area contributed by atoms with Crippen LogP contribution in [-0.4, -0.2) is 9.13 Å². The summed E-state index contributed by atoms with van der Waals surface area (Å²) >= 11 is 0. The van der Waals surface area contributed by atoms with Gasteiger partial charge in [-0.25, -0.2) is 0 Å². The minimum absolute atomic E-state index is 0.434. The molecule has 0 amide bonds. The van der Waals surface area contributed by atoms with Crippen molar-refractivity contribution in [2.24, 2.45) is 0 Å². The topological polar surface area (TPSA) is 9.86 Å². The lowest BCUT2D eigenvalue weighted by Crippen LogP contribution is -2.28. The first kappa shape index (κ1) is 31.9. The minimum atomic E-state index is -0.434. The van der Waals surface area contributed by atoms with Crippen molar-refractivity contribution in [2.75, 3.05) is 0 Å². The molecule has 0 spiro atoms. The van der Waals surface area contributed by atoms with Gasteiger partial charge in [-0.3, -0.25) is 0 Å². The number of aromatic nitrogens is 2. The Hall–Kier alpha value is -7.42. The molecule has 0 bridgehead atoms. The molecule has 9 aromatic carbocycles. The highest BCUT2D eigenvalue weighted by Gasteiger charge is 2.46. The Balaban J connectivity index is 1.13. The maximum absolute atomic E-state index is 2.48. The van der Waals surface area contributed by atoms with E-state index >= 15 is 0 Å². The zero-order chi connectivity index (χ0) is 37.5. The predicted octanol–water partition coefficient (Wildman–Crippen LogP) is 13.9. The molecular formula is C55H36N2. The van der Waals surface area contributed by atoms with Crippen LogP contribution in [0.2, 0.25) is 0 Å². The second kappa shape index (κ2) is 12.3. The monoisotopic (exact) mass is 724 g/mol. The summed E-state index contributed by atoms with van der Waals surface area (Å²) in [6.07, 6.45) is 0. The van der Waals surface area contributed by atoms with Gasteiger partial charge >= 0.3 is 0 Å². The lowest BCUT2D eigenvalue weighted by Gasteiger charge is -2.33. The van der Waals surface area contributed by atoms with Gasteiger partial charge in [-0.15, -0.1) is 0 Å². The van der Waals surface area contributed by atoms with E-state index in [1.807, 2.05) is 0 Å². The van der Waals surface area contributed by atoms with Gasteiger partial charge in [0.15, 0.2) is 0 Å². The van der Waals surface area contributed by atoms with Crippen molar-refractivity contribution in [1.82, 2.24) is 9.13 Å². The molecule has 1 aliphatic rings. The van der Waals surface area contributed by atoms with Crippen LogP contribution < -0.4 is 0 Å². The third-order valence-corrected chi connectivity index (χ3v) is 12.4. The van der Waals surface area contributed by atoms with Gasteiger partial charge < -0.3 is 9.13 Å². The maximum atomic E-state index is 2.48. The van der Waals surface area contributed by atoms with Crippen LogP contribution in [0.5, 0.6) is 0 Å². The summed E-state index contributed by atoms with van der Waals surface area (Å²) in [4.78, 5) is 0. The van der Waals surface area contributed by atoms with E-state index < -0.39 is 5.41 Å². The van der Waals surface area contributed by atoms with Crippen molar-refractivity contribution in [2.45, 2.75) is 5.41 Å². The summed E-state index contributed by atoms with van der Waals surface area (Å²) < 4.78 is 4.96. The molecular weight excluding hydrogens is 689 g/mol. The molecule has 2 aromatic heterocycles. The smallest absolute Gasteiger partial charge is 0.0713 e. The van der Waals surface area contributed by atoms with Gasteiger partial charge in [0.2, 0.25) is 0 Å². The fourth-order valence-electron chi connectivity index (χ4n) is 10.1. The second-order valence-corrected chi connectivity index (χ2v) is 15.2. The number of hydrogen-bond donors (Lipinski definition) is 0. The molecule has 0 aliphatic heterocycles. The summed E-state index contributed by atoms with van der Waals surface area (Å²) in [5.41, 5.74) is 16.9. The van der Waals surface area contributed by atoms with Gasteiger partial charge in [-0.05, 0) is 87.0 Å². The zero-order valence-corrected chi connectivity index (χ0v) is 31.2. The molecule has 11 aromatic rings.